The van der Waals surface area contributed by atoms with Gasteiger partial charge in [0.05, 0.1) is 23.5 Å². The molecule has 0 aliphatic carbocycles. The average Bonchev–Trinajstić information content (AvgIpc) is 2.53. The predicted octanol–water partition coefficient (Wildman–Crippen LogP) is 1.62. The van der Waals surface area contributed by atoms with Crippen molar-refractivity contribution in [2.75, 3.05) is 30.7 Å². The quantitative estimate of drug-likeness (QED) is 0.863. The Labute approximate surface area is 146 Å². The van der Waals surface area contributed by atoms with Gasteiger partial charge in [-0.1, -0.05) is 0 Å². The Morgan fingerprint density at radius 3 is 2.72 bits per heavy atom. The topological polar surface area (TPSA) is 84.4 Å². The lowest BCUT2D eigenvalue weighted by Gasteiger charge is -2.34. The van der Waals surface area contributed by atoms with Crippen LogP contribution in [0, 0.1) is 5.82 Å². The van der Waals surface area contributed by atoms with Crippen LogP contribution >= 0.6 is 0 Å². The number of hydrogen-bond donors (Lipinski definition) is 1. The number of ether oxygens (including phenoxy) is 1. The number of anilines is 1. The van der Waals surface area contributed by atoms with Crippen LogP contribution in [0.3, 0.4) is 0 Å². The van der Waals surface area contributed by atoms with Crippen molar-refractivity contribution in [1.29, 1.82) is 0 Å². The summed E-state index contributed by atoms with van der Waals surface area (Å²) in [6, 6.07) is 4.21. The molecule has 25 heavy (non-hydrogen) atoms. The number of nitrogens with one attached hydrogen (secondary N) is 1. The smallest absolute Gasteiger partial charge is 0.216 e. The fourth-order valence-corrected chi connectivity index (χ4v) is 4.45. The molecule has 3 rings (SSSR count). The number of morpholine rings is 1. The summed E-state index contributed by atoms with van der Waals surface area (Å²) in [5.41, 5.74) is 0.469. The molecule has 9 heteroatoms. The zero-order valence-corrected chi connectivity index (χ0v) is 15.0. The molecule has 0 unspecified atom stereocenters. The molecule has 0 bridgehead atoms. The number of aromatic nitrogens is 2. The van der Waals surface area contributed by atoms with Gasteiger partial charge < -0.3 is 10.1 Å². The zero-order valence-electron chi connectivity index (χ0n) is 14.1. The third-order valence-electron chi connectivity index (χ3n) is 4.03. The van der Waals surface area contributed by atoms with E-state index in [0.29, 0.717) is 29.8 Å². The third kappa shape index (κ3) is 4.23. The lowest BCUT2D eigenvalue weighted by Crippen LogP contribution is -2.49. The van der Waals surface area contributed by atoms with E-state index >= 15 is 0 Å². The number of sulfonamides is 1. The van der Waals surface area contributed by atoms with E-state index in [0.717, 1.165) is 0 Å². The van der Waals surface area contributed by atoms with Gasteiger partial charge in [0.15, 0.2) is 0 Å². The van der Waals surface area contributed by atoms with Gasteiger partial charge in [0, 0.05) is 31.1 Å². The average molecular weight is 368 g/mol. The van der Waals surface area contributed by atoms with Crippen molar-refractivity contribution in [3.8, 4) is 0 Å². The van der Waals surface area contributed by atoms with Crippen LogP contribution in [-0.4, -0.2) is 60.3 Å². The molecule has 136 valence electrons. The van der Waals surface area contributed by atoms with Gasteiger partial charge in [0.25, 0.3) is 0 Å². The maximum Gasteiger partial charge on any atom is 0.216 e. The van der Waals surface area contributed by atoms with Crippen molar-refractivity contribution in [3.05, 3.63) is 30.3 Å². The second-order valence-corrected chi connectivity index (χ2v) is 8.29. The lowest BCUT2D eigenvalue weighted by molar-refractivity contribution is -0.0440. The van der Waals surface area contributed by atoms with Crippen LogP contribution in [-0.2, 0) is 14.8 Å². The third-order valence-corrected chi connectivity index (χ3v) is 5.84. The second-order valence-electron chi connectivity index (χ2n) is 6.20. The largest absolute Gasteiger partial charge is 0.373 e. The molecular formula is C16H21FN4O3S. The van der Waals surface area contributed by atoms with Gasteiger partial charge in [0.1, 0.15) is 18.0 Å². The Bertz CT molecular complexity index is 852. The van der Waals surface area contributed by atoms with E-state index in [1.807, 2.05) is 13.8 Å². The molecule has 0 spiro atoms. The summed E-state index contributed by atoms with van der Waals surface area (Å²) in [4.78, 5) is 8.14. The molecule has 2 aromatic rings. The first-order chi connectivity index (χ1) is 11.8. The van der Waals surface area contributed by atoms with Gasteiger partial charge in [-0.15, -0.1) is 0 Å². The molecule has 1 aliphatic heterocycles. The molecule has 1 aromatic heterocycles. The van der Waals surface area contributed by atoms with Crippen LogP contribution in [0.15, 0.2) is 24.5 Å². The Balaban J connectivity index is 1.66. The summed E-state index contributed by atoms with van der Waals surface area (Å²) in [6.07, 6.45) is 1.09. The number of benzene rings is 1. The molecule has 1 fully saturated rings. The lowest BCUT2D eigenvalue weighted by atomic mass is 10.2. The summed E-state index contributed by atoms with van der Waals surface area (Å²) < 4.78 is 45.4. The first-order valence-corrected chi connectivity index (χ1v) is 9.73. The van der Waals surface area contributed by atoms with Gasteiger partial charge in [-0.3, -0.25) is 0 Å². The summed E-state index contributed by atoms with van der Waals surface area (Å²) in [7, 11) is -3.39. The molecule has 1 aromatic carbocycles. The number of hydrogen-bond acceptors (Lipinski definition) is 6. The van der Waals surface area contributed by atoms with Crippen LogP contribution < -0.4 is 5.32 Å². The first-order valence-electron chi connectivity index (χ1n) is 8.12. The molecule has 1 N–H and O–H groups in total. The Morgan fingerprint density at radius 1 is 1.28 bits per heavy atom. The van der Waals surface area contributed by atoms with E-state index in [9.17, 15) is 12.8 Å². The Morgan fingerprint density at radius 2 is 2.00 bits per heavy atom. The fraction of sp³-hybridized carbons (Fsp3) is 0.500. The van der Waals surface area contributed by atoms with Crippen molar-refractivity contribution < 1.29 is 17.5 Å². The monoisotopic (exact) mass is 368 g/mol. The Hall–Kier alpha value is -1.84. The highest BCUT2D eigenvalue weighted by Gasteiger charge is 2.30. The molecule has 0 radical (unpaired) electrons. The van der Waals surface area contributed by atoms with Crippen molar-refractivity contribution >= 4 is 26.7 Å². The molecule has 0 saturated carbocycles. The first kappa shape index (κ1) is 18.0. The predicted molar refractivity (Wildman–Crippen MR) is 93.4 cm³/mol. The minimum atomic E-state index is -3.39. The second kappa shape index (κ2) is 7.19. The zero-order chi connectivity index (χ0) is 18.0. The molecule has 2 heterocycles. The highest BCUT2D eigenvalue weighted by atomic mass is 32.2. The number of rotatable bonds is 5. The number of fused-ring (bicyclic) bond motifs is 1. The molecule has 1 aliphatic rings. The normalized spacial score (nSPS) is 22.2. The van der Waals surface area contributed by atoms with Gasteiger partial charge >= 0.3 is 0 Å². The molecule has 1 saturated heterocycles. The van der Waals surface area contributed by atoms with E-state index in [1.165, 1.54) is 22.8 Å². The summed E-state index contributed by atoms with van der Waals surface area (Å²) >= 11 is 0. The van der Waals surface area contributed by atoms with Crippen LogP contribution in [0.4, 0.5) is 10.2 Å². The Kier molecular flexibility index (Phi) is 5.16. The van der Waals surface area contributed by atoms with Crippen molar-refractivity contribution in [3.63, 3.8) is 0 Å². The van der Waals surface area contributed by atoms with Gasteiger partial charge in [0.2, 0.25) is 10.0 Å². The van der Waals surface area contributed by atoms with Crippen LogP contribution in [0.5, 0.6) is 0 Å². The van der Waals surface area contributed by atoms with Gasteiger partial charge in [-0.2, -0.15) is 4.31 Å². The number of halogens is 1. The van der Waals surface area contributed by atoms with E-state index in [2.05, 4.69) is 15.3 Å². The minimum Gasteiger partial charge on any atom is -0.373 e. The maximum atomic E-state index is 13.3. The van der Waals surface area contributed by atoms with Crippen LogP contribution in [0.1, 0.15) is 13.8 Å². The SMILES string of the molecule is C[C@H]1CN(S(=O)(=O)CCNc2ncnc3cc(F)ccc23)C[C@H](C)O1. The highest BCUT2D eigenvalue weighted by molar-refractivity contribution is 7.89. The molecule has 0 amide bonds. The van der Waals surface area contributed by atoms with Gasteiger partial charge in [-0.05, 0) is 26.0 Å². The summed E-state index contributed by atoms with van der Waals surface area (Å²) in [5.74, 6) is 0.0540. The van der Waals surface area contributed by atoms with Crippen LogP contribution in [0.2, 0.25) is 0 Å². The standard InChI is InChI=1S/C16H21FN4O3S/c1-11-8-21(9-12(2)24-11)25(22,23)6-5-18-16-14-4-3-13(17)7-15(14)19-10-20-16/h3-4,7,10-12H,5-6,8-9H2,1-2H3,(H,18,19,20)/t11-,12-/m0/s1. The molecule has 2 atom stereocenters. The minimum absolute atomic E-state index is 0.0564. The number of nitrogens with zero attached hydrogens (tertiary/aromatic N) is 3. The molecule has 7 nitrogen and oxygen atoms in total. The molecular weight excluding hydrogens is 347 g/mol. The van der Waals surface area contributed by atoms with E-state index < -0.39 is 10.0 Å². The van der Waals surface area contributed by atoms with E-state index in [1.54, 1.807) is 6.07 Å². The van der Waals surface area contributed by atoms with Crippen molar-refractivity contribution in [2.45, 2.75) is 26.1 Å². The van der Waals surface area contributed by atoms with Crippen molar-refractivity contribution in [1.82, 2.24) is 14.3 Å². The fourth-order valence-electron chi connectivity index (χ4n) is 2.96. The van der Waals surface area contributed by atoms with Crippen molar-refractivity contribution in [2.24, 2.45) is 0 Å². The van der Waals surface area contributed by atoms with E-state index in [-0.39, 0.29) is 30.3 Å². The van der Waals surface area contributed by atoms with Gasteiger partial charge in [-0.25, -0.2) is 22.8 Å². The highest BCUT2D eigenvalue weighted by Crippen LogP contribution is 2.20. The van der Waals surface area contributed by atoms with E-state index in [4.69, 9.17) is 4.74 Å². The summed E-state index contributed by atoms with van der Waals surface area (Å²) in [6.45, 7) is 4.65. The maximum absolute atomic E-state index is 13.3. The van der Waals surface area contributed by atoms with Crippen LogP contribution in [0.25, 0.3) is 10.9 Å². The summed E-state index contributed by atoms with van der Waals surface area (Å²) in [5, 5.41) is 3.66.